The monoisotopic (exact) mass is 330 g/mol. The van der Waals surface area contributed by atoms with E-state index < -0.39 is 0 Å². The first-order chi connectivity index (χ1) is 11.1. The highest BCUT2D eigenvalue weighted by Crippen LogP contribution is 2.26. The van der Waals surface area contributed by atoms with Gasteiger partial charge in [0, 0.05) is 17.3 Å². The van der Waals surface area contributed by atoms with Crippen LogP contribution in [-0.4, -0.2) is 23.6 Å². The predicted octanol–water partition coefficient (Wildman–Crippen LogP) is 5.14. The van der Waals surface area contributed by atoms with Crippen molar-refractivity contribution in [3.05, 3.63) is 59.2 Å². The van der Waals surface area contributed by atoms with Crippen LogP contribution in [0.2, 0.25) is 0 Å². The third-order valence-electron chi connectivity index (χ3n) is 3.88. The number of phenolic OH excluding ortho intramolecular Hbond substituents is 1. The van der Waals surface area contributed by atoms with Crippen LogP contribution >= 0.6 is 11.8 Å². The molecule has 0 aliphatic heterocycles. The Kier molecular flexibility index (Phi) is 7.00. The molecule has 1 N–H and O–H groups in total. The second-order valence-corrected chi connectivity index (χ2v) is 6.95. The standard InChI is InChI=1S/C20H26O2S/c1-4-22-18(10-9-17-7-5-15(2)6-8-17)14-23-19-11-12-20(21)16(3)13-19/h5-8,11-13,18,21H,4,9-10,14H2,1-3H3. The maximum Gasteiger partial charge on any atom is 0.118 e. The minimum atomic E-state index is 0.250. The minimum Gasteiger partial charge on any atom is -0.508 e. The summed E-state index contributed by atoms with van der Waals surface area (Å²) in [7, 11) is 0. The van der Waals surface area contributed by atoms with Crippen molar-refractivity contribution >= 4 is 11.8 Å². The molecule has 2 aromatic rings. The lowest BCUT2D eigenvalue weighted by Crippen LogP contribution is -2.17. The average Bonchev–Trinajstić information content (AvgIpc) is 2.55. The van der Waals surface area contributed by atoms with Gasteiger partial charge in [-0.2, -0.15) is 0 Å². The third kappa shape index (κ3) is 5.92. The summed E-state index contributed by atoms with van der Waals surface area (Å²) in [6, 6.07) is 14.5. The number of rotatable bonds is 8. The molecule has 2 rings (SSSR count). The molecule has 0 saturated heterocycles. The smallest absolute Gasteiger partial charge is 0.118 e. The lowest BCUT2D eigenvalue weighted by Gasteiger charge is -2.17. The minimum absolute atomic E-state index is 0.250. The topological polar surface area (TPSA) is 29.5 Å². The number of phenols is 1. The molecule has 2 aromatic carbocycles. The van der Waals surface area contributed by atoms with E-state index in [0.717, 1.165) is 30.8 Å². The number of hydrogen-bond donors (Lipinski definition) is 1. The van der Waals surface area contributed by atoms with E-state index in [0.29, 0.717) is 5.75 Å². The summed E-state index contributed by atoms with van der Waals surface area (Å²) in [6.07, 6.45) is 2.32. The van der Waals surface area contributed by atoms with Crippen molar-refractivity contribution in [1.29, 1.82) is 0 Å². The number of aromatic hydroxyl groups is 1. The Bertz CT molecular complexity index is 608. The highest BCUT2D eigenvalue weighted by Gasteiger charge is 2.10. The van der Waals surface area contributed by atoms with Gasteiger partial charge in [-0.25, -0.2) is 0 Å². The van der Waals surface area contributed by atoms with Gasteiger partial charge < -0.3 is 9.84 Å². The summed E-state index contributed by atoms with van der Waals surface area (Å²) < 4.78 is 5.89. The second-order valence-electron chi connectivity index (χ2n) is 5.86. The van der Waals surface area contributed by atoms with E-state index in [-0.39, 0.29) is 6.10 Å². The lowest BCUT2D eigenvalue weighted by atomic mass is 10.1. The molecule has 0 radical (unpaired) electrons. The Morgan fingerprint density at radius 3 is 2.48 bits per heavy atom. The van der Waals surface area contributed by atoms with Crippen molar-refractivity contribution in [3.63, 3.8) is 0 Å². The molecule has 1 atom stereocenters. The van der Waals surface area contributed by atoms with Gasteiger partial charge in [-0.15, -0.1) is 11.8 Å². The average molecular weight is 330 g/mol. The first kappa shape index (κ1) is 17.9. The maximum atomic E-state index is 9.60. The molecule has 0 heterocycles. The van der Waals surface area contributed by atoms with Crippen molar-refractivity contribution in [2.24, 2.45) is 0 Å². The van der Waals surface area contributed by atoms with Crippen LogP contribution in [0, 0.1) is 13.8 Å². The molecule has 0 bridgehead atoms. The Morgan fingerprint density at radius 1 is 1.09 bits per heavy atom. The van der Waals surface area contributed by atoms with Crippen molar-refractivity contribution in [2.45, 2.75) is 44.6 Å². The molecule has 2 nitrogen and oxygen atoms in total. The van der Waals surface area contributed by atoms with E-state index in [2.05, 4.69) is 31.2 Å². The SMILES string of the molecule is CCOC(CCc1ccc(C)cc1)CSc1ccc(O)c(C)c1. The fourth-order valence-corrected chi connectivity index (χ4v) is 3.51. The van der Waals surface area contributed by atoms with Gasteiger partial charge >= 0.3 is 0 Å². The number of thioether (sulfide) groups is 1. The number of ether oxygens (including phenoxy) is 1. The fourth-order valence-electron chi connectivity index (χ4n) is 2.44. The largest absolute Gasteiger partial charge is 0.508 e. The van der Waals surface area contributed by atoms with Crippen LogP contribution in [0.25, 0.3) is 0 Å². The van der Waals surface area contributed by atoms with Crippen LogP contribution < -0.4 is 0 Å². The first-order valence-corrected chi connectivity index (χ1v) is 9.16. The Morgan fingerprint density at radius 2 is 1.83 bits per heavy atom. The van der Waals surface area contributed by atoms with Crippen LogP contribution in [0.15, 0.2) is 47.4 Å². The quantitative estimate of drug-likeness (QED) is 0.680. The van der Waals surface area contributed by atoms with Gasteiger partial charge in [-0.05, 0) is 62.9 Å². The molecule has 0 amide bonds. The molecule has 1 unspecified atom stereocenters. The molecule has 0 fully saturated rings. The summed E-state index contributed by atoms with van der Waals surface area (Å²) in [5.41, 5.74) is 3.58. The summed E-state index contributed by atoms with van der Waals surface area (Å²) in [5, 5.41) is 9.60. The molecular formula is C20H26O2S. The molecule has 23 heavy (non-hydrogen) atoms. The number of aryl methyl sites for hydroxylation is 3. The molecule has 0 aromatic heterocycles. The molecule has 0 aliphatic rings. The van der Waals surface area contributed by atoms with E-state index in [1.807, 2.05) is 26.0 Å². The molecule has 0 spiro atoms. The fraction of sp³-hybridized carbons (Fsp3) is 0.400. The second kappa shape index (κ2) is 8.99. The van der Waals surface area contributed by atoms with E-state index in [1.165, 1.54) is 16.0 Å². The van der Waals surface area contributed by atoms with Crippen molar-refractivity contribution < 1.29 is 9.84 Å². The van der Waals surface area contributed by atoms with Crippen LogP contribution in [0.3, 0.4) is 0 Å². The molecule has 3 heteroatoms. The summed E-state index contributed by atoms with van der Waals surface area (Å²) in [6.45, 7) is 6.84. The zero-order chi connectivity index (χ0) is 16.7. The predicted molar refractivity (Wildman–Crippen MR) is 98.5 cm³/mol. The van der Waals surface area contributed by atoms with Gasteiger partial charge in [-0.3, -0.25) is 0 Å². The highest BCUT2D eigenvalue weighted by atomic mass is 32.2. The molecule has 0 saturated carbocycles. The molecular weight excluding hydrogens is 304 g/mol. The van der Waals surface area contributed by atoms with Gasteiger partial charge in [0.15, 0.2) is 0 Å². The van der Waals surface area contributed by atoms with Crippen LogP contribution in [0.5, 0.6) is 5.75 Å². The number of benzene rings is 2. The van der Waals surface area contributed by atoms with E-state index in [4.69, 9.17) is 4.74 Å². The van der Waals surface area contributed by atoms with Crippen molar-refractivity contribution in [2.75, 3.05) is 12.4 Å². The zero-order valence-corrected chi connectivity index (χ0v) is 15.0. The summed E-state index contributed by atoms with van der Waals surface area (Å²) in [4.78, 5) is 1.18. The van der Waals surface area contributed by atoms with Crippen LogP contribution in [0.1, 0.15) is 30.0 Å². The maximum absolute atomic E-state index is 9.60. The zero-order valence-electron chi connectivity index (χ0n) is 14.2. The van der Waals surface area contributed by atoms with Crippen molar-refractivity contribution in [3.8, 4) is 5.75 Å². The van der Waals surface area contributed by atoms with Gasteiger partial charge in [0.25, 0.3) is 0 Å². The Hall–Kier alpha value is -1.45. The van der Waals surface area contributed by atoms with E-state index in [1.54, 1.807) is 17.8 Å². The highest BCUT2D eigenvalue weighted by molar-refractivity contribution is 7.99. The summed E-state index contributed by atoms with van der Waals surface area (Å²) in [5.74, 6) is 1.29. The number of hydrogen-bond acceptors (Lipinski definition) is 3. The van der Waals surface area contributed by atoms with Crippen molar-refractivity contribution in [1.82, 2.24) is 0 Å². The normalized spacial score (nSPS) is 12.3. The van der Waals surface area contributed by atoms with Gasteiger partial charge in [0.05, 0.1) is 6.10 Å². The van der Waals surface area contributed by atoms with E-state index >= 15 is 0 Å². The Balaban J connectivity index is 1.87. The Labute approximate surface area is 143 Å². The van der Waals surface area contributed by atoms with Crippen LogP contribution in [0.4, 0.5) is 0 Å². The van der Waals surface area contributed by atoms with E-state index in [9.17, 15) is 5.11 Å². The van der Waals surface area contributed by atoms with Gasteiger partial charge in [0.1, 0.15) is 5.75 Å². The first-order valence-electron chi connectivity index (χ1n) is 8.18. The summed E-state index contributed by atoms with van der Waals surface area (Å²) >= 11 is 1.79. The third-order valence-corrected chi connectivity index (χ3v) is 5.01. The molecule has 0 aliphatic carbocycles. The van der Waals surface area contributed by atoms with Gasteiger partial charge in [0.2, 0.25) is 0 Å². The molecule has 124 valence electrons. The lowest BCUT2D eigenvalue weighted by molar-refractivity contribution is 0.0739. The van der Waals surface area contributed by atoms with Gasteiger partial charge in [-0.1, -0.05) is 29.8 Å². The van der Waals surface area contributed by atoms with Crippen LogP contribution in [-0.2, 0) is 11.2 Å².